The zero-order chi connectivity index (χ0) is 13.2. The molecule has 0 spiro atoms. The van der Waals surface area contributed by atoms with Crippen molar-refractivity contribution in [3.63, 3.8) is 0 Å². The van der Waals surface area contributed by atoms with E-state index in [1.807, 2.05) is 0 Å². The third kappa shape index (κ3) is 2.95. The molecule has 0 aromatic carbocycles. The summed E-state index contributed by atoms with van der Waals surface area (Å²) in [6.07, 6.45) is 4.02. The minimum absolute atomic E-state index is 0.0904. The van der Waals surface area contributed by atoms with Gasteiger partial charge in [0.05, 0.1) is 23.6 Å². The predicted molar refractivity (Wildman–Crippen MR) is 69.0 cm³/mol. The molecule has 2 atom stereocenters. The van der Waals surface area contributed by atoms with Gasteiger partial charge in [0.25, 0.3) is 0 Å². The maximum atomic E-state index is 11.7. The van der Waals surface area contributed by atoms with Crippen LogP contribution in [0.4, 0.5) is 4.79 Å². The summed E-state index contributed by atoms with van der Waals surface area (Å²) in [5.41, 5.74) is 5.41. The summed E-state index contributed by atoms with van der Waals surface area (Å²) >= 11 is 0. The number of nitrogens with two attached hydrogens (primary N) is 1. The van der Waals surface area contributed by atoms with Gasteiger partial charge in [-0.3, -0.25) is 0 Å². The van der Waals surface area contributed by atoms with Crippen LogP contribution < -0.4 is 11.1 Å². The van der Waals surface area contributed by atoms with Crippen molar-refractivity contribution in [3.05, 3.63) is 0 Å². The second-order valence-electron chi connectivity index (χ2n) is 5.10. The summed E-state index contributed by atoms with van der Waals surface area (Å²) in [6, 6.07) is -0.470. The van der Waals surface area contributed by atoms with Crippen molar-refractivity contribution in [1.29, 1.82) is 0 Å². The topological polar surface area (TPSA) is 92.5 Å². The molecule has 0 aromatic rings. The van der Waals surface area contributed by atoms with Crippen molar-refractivity contribution in [2.75, 3.05) is 24.6 Å². The number of hydrogen-bond acceptors (Lipinski definition) is 4. The van der Waals surface area contributed by atoms with E-state index < -0.39 is 9.84 Å². The van der Waals surface area contributed by atoms with Crippen LogP contribution in [-0.4, -0.2) is 56.0 Å². The molecule has 0 saturated carbocycles. The first-order valence-corrected chi connectivity index (χ1v) is 8.33. The first-order valence-electron chi connectivity index (χ1n) is 6.51. The minimum atomic E-state index is -2.97. The summed E-state index contributed by atoms with van der Waals surface area (Å²) in [5.74, 6) is 0.201. The second-order valence-corrected chi connectivity index (χ2v) is 7.25. The average Bonchev–Trinajstić information content (AvgIpc) is 2.71. The molecule has 0 unspecified atom stereocenters. The van der Waals surface area contributed by atoms with Gasteiger partial charge in [0.15, 0.2) is 9.84 Å². The zero-order valence-electron chi connectivity index (χ0n) is 10.5. The highest BCUT2D eigenvalue weighted by Gasteiger charge is 2.48. The second kappa shape index (κ2) is 5.44. The summed E-state index contributed by atoms with van der Waals surface area (Å²) in [5, 5.41) is 2.76. The smallest absolute Gasteiger partial charge is 0.318 e. The number of carbonyl (C=O) groups excluding carboxylic acids is 1. The Labute approximate surface area is 108 Å². The van der Waals surface area contributed by atoms with Gasteiger partial charge in [0.1, 0.15) is 0 Å². The van der Waals surface area contributed by atoms with Gasteiger partial charge < -0.3 is 16.0 Å². The molecule has 2 rings (SSSR count). The van der Waals surface area contributed by atoms with Gasteiger partial charge in [-0.05, 0) is 19.4 Å². The van der Waals surface area contributed by atoms with Crippen molar-refractivity contribution in [2.45, 2.75) is 37.8 Å². The molecule has 2 fully saturated rings. The molecule has 2 heterocycles. The molecule has 18 heavy (non-hydrogen) atoms. The highest BCUT2D eigenvalue weighted by atomic mass is 32.2. The van der Waals surface area contributed by atoms with E-state index in [9.17, 15) is 13.2 Å². The van der Waals surface area contributed by atoms with Crippen LogP contribution in [0, 0.1) is 0 Å². The van der Waals surface area contributed by atoms with Crippen molar-refractivity contribution in [2.24, 2.45) is 5.73 Å². The van der Waals surface area contributed by atoms with Crippen LogP contribution in [0.25, 0.3) is 0 Å². The Balaban J connectivity index is 1.82. The Morgan fingerprint density at radius 3 is 2.67 bits per heavy atom. The van der Waals surface area contributed by atoms with Crippen molar-refractivity contribution < 1.29 is 13.2 Å². The molecule has 104 valence electrons. The van der Waals surface area contributed by atoms with Gasteiger partial charge in [-0.2, -0.15) is 0 Å². The summed E-state index contributed by atoms with van der Waals surface area (Å²) in [4.78, 5) is 13.4. The van der Waals surface area contributed by atoms with E-state index in [1.165, 1.54) is 0 Å². The first-order chi connectivity index (χ1) is 8.53. The van der Waals surface area contributed by atoms with E-state index in [2.05, 4.69) is 5.32 Å². The molecule has 2 amide bonds. The molecular formula is C11H21N3O3S. The Morgan fingerprint density at radius 2 is 1.94 bits per heavy atom. The lowest BCUT2D eigenvalue weighted by Gasteiger charge is -2.20. The zero-order valence-corrected chi connectivity index (χ0v) is 11.3. The van der Waals surface area contributed by atoms with Crippen molar-refractivity contribution >= 4 is 15.9 Å². The molecule has 3 N–H and O–H groups in total. The number of fused-ring (bicyclic) bond motifs is 1. The van der Waals surface area contributed by atoms with Crippen LogP contribution in [0.2, 0.25) is 0 Å². The number of amides is 2. The van der Waals surface area contributed by atoms with E-state index in [1.54, 1.807) is 4.90 Å². The molecule has 7 heteroatoms. The number of unbranched alkanes of at least 4 members (excludes halogenated alkanes) is 3. The minimum Gasteiger partial charge on any atom is -0.332 e. The normalized spacial score (nSPS) is 29.4. The third-order valence-electron chi connectivity index (χ3n) is 3.65. The number of nitrogens with zero attached hydrogens (tertiary/aromatic N) is 1. The maximum Gasteiger partial charge on any atom is 0.318 e. The number of carbonyl (C=O) groups is 1. The van der Waals surface area contributed by atoms with Crippen LogP contribution in [0.5, 0.6) is 0 Å². The van der Waals surface area contributed by atoms with Crippen LogP contribution in [0.15, 0.2) is 0 Å². The van der Waals surface area contributed by atoms with Crippen molar-refractivity contribution in [1.82, 2.24) is 10.2 Å². The van der Waals surface area contributed by atoms with E-state index in [0.717, 1.165) is 25.7 Å². The van der Waals surface area contributed by atoms with Gasteiger partial charge in [-0.25, -0.2) is 13.2 Å². The van der Waals surface area contributed by atoms with Gasteiger partial charge in [-0.1, -0.05) is 12.8 Å². The molecule has 0 bridgehead atoms. The summed E-state index contributed by atoms with van der Waals surface area (Å²) in [6.45, 7) is 1.35. The molecule has 2 aliphatic rings. The van der Waals surface area contributed by atoms with Crippen molar-refractivity contribution in [3.8, 4) is 0 Å². The Morgan fingerprint density at radius 1 is 1.22 bits per heavy atom. The average molecular weight is 275 g/mol. The largest absolute Gasteiger partial charge is 0.332 e. The molecule has 2 saturated heterocycles. The van der Waals surface area contributed by atoms with Crippen LogP contribution in [0.1, 0.15) is 25.7 Å². The highest BCUT2D eigenvalue weighted by molar-refractivity contribution is 7.91. The summed E-state index contributed by atoms with van der Waals surface area (Å²) in [7, 11) is -2.97. The lowest BCUT2D eigenvalue weighted by molar-refractivity contribution is 0.205. The van der Waals surface area contributed by atoms with E-state index in [-0.39, 0.29) is 29.6 Å². The lowest BCUT2D eigenvalue weighted by atomic mass is 10.1. The molecule has 0 aliphatic carbocycles. The quantitative estimate of drug-likeness (QED) is 0.514. The first kappa shape index (κ1) is 13.6. The fourth-order valence-electron chi connectivity index (χ4n) is 2.71. The maximum absolute atomic E-state index is 11.7. The molecule has 0 radical (unpaired) electrons. The SMILES string of the molecule is NCCCCCCN1C(=O)N[C@H]2CS(=O)(=O)C[C@@H]21. The highest BCUT2D eigenvalue weighted by Crippen LogP contribution is 2.24. The number of sulfone groups is 1. The number of hydrogen-bond donors (Lipinski definition) is 2. The predicted octanol–water partition coefficient (Wildman–Crippen LogP) is -0.304. The van der Waals surface area contributed by atoms with Crippen LogP contribution >= 0.6 is 0 Å². The van der Waals surface area contributed by atoms with E-state index in [4.69, 9.17) is 5.73 Å². The third-order valence-corrected chi connectivity index (χ3v) is 5.36. The molecule has 0 aromatic heterocycles. The van der Waals surface area contributed by atoms with Gasteiger partial charge >= 0.3 is 6.03 Å². The van der Waals surface area contributed by atoms with Gasteiger partial charge in [-0.15, -0.1) is 0 Å². The van der Waals surface area contributed by atoms with Gasteiger partial charge in [0.2, 0.25) is 0 Å². The Kier molecular flexibility index (Phi) is 4.11. The molecule has 2 aliphatic heterocycles. The number of nitrogens with one attached hydrogen (secondary N) is 1. The van der Waals surface area contributed by atoms with Crippen LogP contribution in [0.3, 0.4) is 0 Å². The number of urea groups is 1. The molecular weight excluding hydrogens is 254 g/mol. The Bertz CT molecular complexity index is 410. The molecule has 6 nitrogen and oxygen atoms in total. The summed E-state index contributed by atoms with van der Waals surface area (Å²) < 4.78 is 23.0. The standard InChI is InChI=1S/C11H21N3O3S/c12-5-3-1-2-4-6-14-10-8-18(16,17)7-9(10)13-11(14)15/h9-10H,1-8,12H2,(H,13,15)/t9-,10-/m0/s1. The lowest BCUT2D eigenvalue weighted by Crippen LogP contribution is -2.37. The fourth-order valence-corrected chi connectivity index (χ4v) is 4.63. The monoisotopic (exact) mass is 275 g/mol. The van der Waals surface area contributed by atoms with Gasteiger partial charge in [0, 0.05) is 6.54 Å². The van der Waals surface area contributed by atoms with Crippen LogP contribution in [-0.2, 0) is 9.84 Å². The van der Waals surface area contributed by atoms with E-state index >= 15 is 0 Å². The van der Waals surface area contributed by atoms with E-state index in [0.29, 0.717) is 13.1 Å². The Hall–Kier alpha value is -0.820. The fraction of sp³-hybridized carbons (Fsp3) is 0.909. The number of rotatable bonds is 6.